The van der Waals surface area contributed by atoms with E-state index in [0.717, 1.165) is 17.9 Å². The Kier molecular flexibility index (Phi) is 1.56. The molecule has 1 N–H and O–H groups in total. The van der Waals surface area contributed by atoms with Crippen molar-refractivity contribution in [2.24, 2.45) is 12.0 Å². The lowest BCUT2D eigenvalue weighted by molar-refractivity contribution is 0.670. The van der Waals surface area contributed by atoms with Crippen LogP contribution in [0, 0.1) is 0 Å². The number of anilines is 1. The molecule has 1 aliphatic rings. The van der Waals surface area contributed by atoms with Gasteiger partial charge in [0.1, 0.15) is 5.69 Å². The fourth-order valence-corrected chi connectivity index (χ4v) is 1.32. The summed E-state index contributed by atoms with van der Waals surface area (Å²) in [6.07, 6.45) is 2.67. The van der Waals surface area contributed by atoms with E-state index in [1.807, 2.05) is 7.05 Å². The molecule has 1 aliphatic heterocycles. The molecule has 0 radical (unpaired) electrons. The van der Waals surface area contributed by atoms with Gasteiger partial charge < -0.3 is 5.32 Å². The molecule has 0 aromatic carbocycles. The lowest BCUT2D eigenvalue weighted by Gasteiger charge is -2.13. The van der Waals surface area contributed by atoms with E-state index < -0.39 is 0 Å². The molecule has 5 heteroatoms. The second kappa shape index (κ2) is 2.58. The smallest absolute Gasteiger partial charge is 0.155 e. The van der Waals surface area contributed by atoms with Crippen LogP contribution in [0.4, 0.5) is 5.82 Å². The highest BCUT2D eigenvalue weighted by Crippen LogP contribution is 2.27. The maximum absolute atomic E-state index is 4.25. The summed E-state index contributed by atoms with van der Waals surface area (Å²) in [6.45, 7) is 2.09. The molecule has 5 nitrogen and oxygen atoms in total. The molecule has 0 fully saturated rings. The largest absolute Gasteiger partial charge is 0.330 e. The maximum Gasteiger partial charge on any atom is 0.155 e. The Balaban J connectivity index is 2.44. The zero-order chi connectivity index (χ0) is 8.55. The monoisotopic (exact) mass is 165 g/mol. The second-order valence-corrected chi connectivity index (χ2v) is 2.79. The highest BCUT2D eigenvalue weighted by Gasteiger charge is 2.20. The van der Waals surface area contributed by atoms with Gasteiger partial charge in [-0.25, -0.2) is 4.68 Å². The molecule has 1 aromatic heterocycles. The molecule has 0 aliphatic carbocycles. The Hall–Kier alpha value is -1.39. The van der Waals surface area contributed by atoms with Crippen LogP contribution in [0.3, 0.4) is 0 Å². The third-order valence-corrected chi connectivity index (χ3v) is 2.01. The first-order chi connectivity index (χ1) is 5.83. The van der Waals surface area contributed by atoms with Crippen LogP contribution in [0.15, 0.2) is 4.99 Å². The summed E-state index contributed by atoms with van der Waals surface area (Å²) in [4.78, 5) is 4.25. The van der Waals surface area contributed by atoms with Crippen LogP contribution < -0.4 is 5.32 Å². The van der Waals surface area contributed by atoms with Crippen molar-refractivity contribution in [1.82, 2.24) is 15.0 Å². The number of aromatic nitrogens is 3. The highest BCUT2D eigenvalue weighted by molar-refractivity contribution is 5.77. The van der Waals surface area contributed by atoms with E-state index >= 15 is 0 Å². The molecule has 0 saturated heterocycles. The lowest BCUT2D eigenvalue weighted by atomic mass is 10.1. The third kappa shape index (κ3) is 0.895. The number of nitrogens with zero attached hydrogens (tertiary/aromatic N) is 4. The Labute approximate surface area is 70.5 Å². The molecule has 0 spiro atoms. The lowest BCUT2D eigenvalue weighted by Crippen LogP contribution is -2.11. The fraction of sp³-hybridized carbons (Fsp3) is 0.571. The predicted octanol–water partition coefficient (Wildman–Crippen LogP) is 0.720. The molecular formula is C7H11N5. The van der Waals surface area contributed by atoms with Gasteiger partial charge in [-0.05, 0) is 6.42 Å². The first-order valence-electron chi connectivity index (χ1n) is 4.00. The standard InChI is InChI=1S/C7H11N5/c1-3-5-6-7(9-4-8-5)12(2)11-10-6/h4-5H,3H2,1-2H3,(H,8,9). The minimum Gasteiger partial charge on any atom is -0.330 e. The summed E-state index contributed by atoms with van der Waals surface area (Å²) in [5, 5.41) is 11.0. The van der Waals surface area contributed by atoms with E-state index in [0.29, 0.717) is 0 Å². The molecule has 1 aromatic rings. The predicted molar refractivity (Wildman–Crippen MR) is 46.1 cm³/mol. The van der Waals surface area contributed by atoms with E-state index in [1.165, 1.54) is 0 Å². The molecule has 64 valence electrons. The van der Waals surface area contributed by atoms with Crippen LogP contribution in [0.5, 0.6) is 0 Å². The van der Waals surface area contributed by atoms with Crippen molar-refractivity contribution in [1.29, 1.82) is 0 Å². The molecular weight excluding hydrogens is 154 g/mol. The minimum atomic E-state index is 0.176. The summed E-state index contributed by atoms with van der Waals surface area (Å²) in [5.41, 5.74) is 0.947. The first-order valence-corrected chi connectivity index (χ1v) is 4.00. The minimum absolute atomic E-state index is 0.176. The van der Waals surface area contributed by atoms with Gasteiger partial charge >= 0.3 is 0 Å². The van der Waals surface area contributed by atoms with Gasteiger partial charge in [0.15, 0.2) is 5.82 Å². The van der Waals surface area contributed by atoms with E-state index in [9.17, 15) is 0 Å². The summed E-state index contributed by atoms with van der Waals surface area (Å²) in [5.74, 6) is 0.955. The second-order valence-electron chi connectivity index (χ2n) is 2.79. The quantitative estimate of drug-likeness (QED) is 0.667. The van der Waals surface area contributed by atoms with Gasteiger partial charge in [0.2, 0.25) is 0 Å². The van der Waals surface area contributed by atoms with E-state index in [1.54, 1.807) is 11.0 Å². The zero-order valence-corrected chi connectivity index (χ0v) is 7.15. The normalized spacial score (nSPS) is 20.3. The van der Waals surface area contributed by atoms with Gasteiger partial charge in [-0.15, -0.1) is 5.10 Å². The highest BCUT2D eigenvalue weighted by atomic mass is 15.5. The van der Waals surface area contributed by atoms with Crippen molar-refractivity contribution in [3.63, 3.8) is 0 Å². The fourth-order valence-electron chi connectivity index (χ4n) is 1.32. The number of rotatable bonds is 1. The van der Waals surface area contributed by atoms with E-state index in [2.05, 4.69) is 27.5 Å². The topological polar surface area (TPSA) is 55.1 Å². The number of nitrogens with one attached hydrogen (secondary N) is 1. The molecule has 0 saturated carbocycles. The average molecular weight is 165 g/mol. The van der Waals surface area contributed by atoms with Crippen molar-refractivity contribution >= 4 is 12.2 Å². The molecule has 12 heavy (non-hydrogen) atoms. The van der Waals surface area contributed by atoms with Crippen molar-refractivity contribution in [3.05, 3.63) is 5.69 Å². The van der Waals surface area contributed by atoms with Gasteiger partial charge in [-0.3, -0.25) is 4.99 Å². The number of hydrogen-bond acceptors (Lipinski definition) is 4. The Morgan fingerprint density at radius 2 is 2.50 bits per heavy atom. The van der Waals surface area contributed by atoms with E-state index in [4.69, 9.17) is 0 Å². The number of hydrogen-bond donors (Lipinski definition) is 1. The summed E-state index contributed by atoms with van der Waals surface area (Å²) < 4.78 is 1.73. The van der Waals surface area contributed by atoms with Gasteiger partial charge in [-0.2, -0.15) is 0 Å². The van der Waals surface area contributed by atoms with E-state index in [-0.39, 0.29) is 6.04 Å². The van der Waals surface area contributed by atoms with Crippen LogP contribution >= 0.6 is 0 Å². The maximum atomic E-state index is 4.25. The van der Waals surface area contributed by atoms with Crippen molar-refractivity contribution < 1.29 is 0 Å². The molecule has 2 rings (SSSR count). The number of fused-ring (bicyclic) bond motifs is 1. The molecule has 0 amide bonds. The van der Waals surface area contributed by atoms with Crippen LogP contribution in [0.1, 0.15) is 25.1 Å². The zero-order valence-electron chi connectivity index (χ0n) is 7.15. The summed E-state index contributed by atoms with van der Waals surface area (Å²) in [7, 11) is 1.87. The number of aryl methyl sites for hydroxylation is 1. The molecule has 1 atom stereocenters. The third-order valence-electron chi connectivity index (χ3n) is 2.01. The van der Waals surface area contributed by atoms with Gasteiger partial charge in [0.25, 0.3) is 0 Å². The van der Waals surface area contributed by atoms with Gasteiger partial charge in [0, 0.05) is 7.05 Å². The molecule has 0 bridgehead atoms. The Morgan fingerprint density at radius 3 is 3.25 bits per heavy atom. The summed E-state index contributed by atoms with van der Waals surface area (Å²) >= 11 is 0. The molecule has 2 heterocycles. The Morgan fingerprint density at radius 1 is 1.67 bits per heavy atom. The van der Waals surface area contributed by atoms with Crippen molar-refractivity contribution in [2.45, 2.75) is 19.4 Å². The Bertz CT molecular complexity index is 314. The first kappa shape index (κ1) is 7.27. The number of aliphatic imine (C=N–C) groups is 1. The van der Waals surface area contributed by atoms with Crippen LogP contribution in [-0.4, -0.2) is 21.3 Å². The summed E-state index contributed by atoms with van der Waals surface area (Å²) in [6, 6.07) is 0.176. The van der Waals surface area contributed by atoms with Crippen molar-refractivity contribution in [2.75, 3.05) is 5.32 Å². The van der Waals surface area contributed by atoms with Crippen LogP contribution in [0.2, 0.25) is 0 Å². The van der Waals surface area contributed by atoms with Gasteiger partial charge in [-0.1, -0.05) is 12.1 Å². The SMILES string of the molecule is CCC1N=CNc2c1nnn2C. The van der Waals surface area contributed by atoms with Crippen LogP contribution in [0.25, 0.3) is 0 Å². The van der Waals surface area contributed by atoms with Crippen LogP contribution in [-0.2, 0) is 7.05 Å². The van der Waals surface area contributed by atoms with Gasteiger partial charge in [0.05, 0.1) is 12.4 Å². The molecule has 1 unspecified atom stereocenters. The average Bonchev–Trinajstić information content (AvgIpc) is 2.48. The van der Waals surface area contributed by atoms with Crippen molar-refractivity contribution in [3.8, 4) is 0 Å².